The average Bonchev–Trinajstić information content (AvgIpc) is 2.36. The summed E-state index contributed by atoms with van der Waals surface area (Å²) in [5.41, 5.74) is -0.497. The summed E-state index contributed by atoms with van der Waals surface area (Å²) >= 11 is 36.1. The molecule has 1 rings (SSSR count). The molecule has 2 unspecified atom stereocenters. The lowest BCUT2D eigenvalue weighted by molar-refractivity contribution is -0.141. The van der Waals surface area contributed by atoms with Crippen LogP contribution in [0.15, 0.2) is 0 Å². The van der Waals surface area contributed by atoms with Gasteiger partial charge in [-0.25, -0.2) is 9.59 Å². The fourth-order valence-electron chi connectivity index (χ4n) is 1.67. The van der Waals surface area contributed by atoms with Crippen molar-refractivity contribution in [1.82, 2.24) is 0 Å². The van der Waals surface area contributed by atoms with Crippen molar-refractivity contribution < 1.29 is 19.8 Å². The van der Waals surface area contributed by atoms with Gasteiger partial charge >= 0.3 is 11.9 Å². The van der Waals surface area contributed by atoms with Crippen molar-refractivity contribution in [3.05, 3.63) is 31.2 Å². The minimum Gasteiger partial charge on any atom is -0.480 e. The Morgan fingerprint density at radius 2 is 0.909 bits per heavy atom. The van der Waals surface area contributed by atoms with E-state index in [0.29, 0.717) is 0 Å². The molecule has 22 heavy (non-hydrogen) atoms. The lowest BCUT2D eigenvalue weighted by Crippen LogP contribution is -2.30. The summed E-state index contributed by atoms with van der Waals surface area (Å²) in [7, 11) is 0. The molecule has 1 aromatic carbocycles. The van der Waals surface area contributed by atoms with Crippen molar-refractivity contribution in [3.63, 3.8) is 0 Å². The van der Waals surface area contributed by atoms with Crippen LogP contribution in [0.3, 0.4) is 0 Å². The molecule has 0 amide bonds. The summed E-state index contributed by atoms with van der Waals surface area (Å²) < 4.78 is 0. The van der Waals surface area contributed by atoms with E-state index in [1.165, 1.54) is 0 Å². The van der Waals surface area contributed by atoms with E-state index in [4.69, 9.17) is 69.6 Å². The number of alkyl halides is 2. The molecule has 0 aliphatic heterocycles. The smallest absolute Gasteiger partial charge is 0.329 e. The summed E-state index contributed by atoms with van der Waals surface area (Å²) in [4.78, 5) is 18.5. The van der Waals surface area contributed by atoms with Gasteiger partial charge in [0.05, 0.1) is 20.1 Å². The van der Waals surface area contributed by atoms with Crippen molar-refractivity contribution in [2.45, 2.75) is 23.6 Å². The van der Waals surface area contributed by atoms with E-state index in [1.807, 2.05) is 0 Å². The second-order valence-electron chi connectivity index (χ2n) is 4.62. The fraction of sp³-hybridized carbons (Fsp3) is 0.333. The first-order valence-corrected chi connectivity index (χ1v) is 7.76. The number of carboxylic acid groups (broad SMARTS) is 2. The van der Waals surface area contributed by atoms with E-state index in [1.54, 1.807) is 0 Å². The van der Waals surface area contributed by atoms with E-state index in [2.05, 4.69) is 0 Å². The van der Waals surface area contributed by atoms with Crippen LogP contribution in [0.1, 0.15) is 25.0 Å². The van der Waals surface area contributed by atoms with Crippen LogP contribution in [-0.4, -0.2) is 22.2 Å². The van der Waals surface area contributed by atoms with E-state index >= 15 is 0 Å². The quantitative estimate of drug-likeness (QED) is 0.499. The number of carboxylic acids is 2. The second kappa shape index (κ2) is 6.42. The number of aliphatic carboxylic acids is 2. The Labute approximate surface area is 155 Å². The molecule has 122 valence electrons. The normalized spacial score (nSPS) is 16.7. The van der Waals surface area contributed by atoms with Crippen molar-refractivity contribution in [3.8, 4) is 0 Å². The van der Waals surface area contributed by atoms with Gasteiger partial charge in [-0.2, -0.15) is 0 Å². The molecular weight excluding hydrogens is 421 g/mol. The lowest BCUT2D eigenvalue weighted by atomic mass is 9.93. The highest BCUT2D eigenvalue weighted by Gasteiger charge is 2.44. The molecule has 0 spiro atoms. The first-order chi connectivity index (χ1) is 9.77. The van der Waals surface area contributed by atoms with Crippen LogP contribution in [0, 0.1) is 0 Å². The first kappa shape index (κ1) is 19.9. The molecule has 0 heterocycles. The number of rotatable bonds is 4. The summed E-state index contributed by atoms with van der Waals surface area (Å²) in [6.07, 6.45) is 0. The van der Waals surface area contributed by atoms with Gasteiger partial charge in [-0.15, -0.1) is 23.2 Å². The summed E-state index contributed by atoms with van der Waals surface area (Å²) in [5, 5.41) is 17.0. The molecule has 0 aliphatic carbocycles. The van der Waals surface area contributed by atoms with Gasteiger partial charge in [-0.3, -0.25) is 0 Å². The lowest BCUT2D eigenvalue weighted by Gasteiger charge is -2.27. The number of halogens is 6. The zero-order valence-corrected chi connectivity index (χ0v) is 15.5. The molecule has 10 heteroatoms. The Morgan fingerprint density at radius 3 is 1.05 bits per heavy atom. The zero-order chi connectivity index (χ0) is 17.6. The molecule has 0 aliphatic rings. The van der Waals surface area contributed by atoms with Crippen molar-refractivity contribution in [2.24, 2.45) is 0 Å². The van der Waals surface area contributed by atoms with Crippen LogP contribution in [0.4, 0.5) is 0 Å². The van der Waals surface area contributed by atoms with Gasteiger partial charge in [0.15, 0.2) is 9.75 Å². The van der Waals surface area contributed by atoms with E-state index in [0.717, 1.165) is 13.8 Å². The molecule has 0 radical (unpaired) electrons. The highest BCUT2D eigenvalue weighted by molar-refractivity contribution is 6.52. The third-order valence-corrected chi connectivity index (χ3v) is 5.41. The molecular formula is C12H8Cl6O4. The minimum atomic E-state index is -2.02. The fourth-order valence-corrected chi connectivity index (χ4v) is 3.85. The average molecular weight is 429 g/mol. The Hall–Kier alpha value is -0.100. The Balaban J connectivity index is 3.89. The monoisotopic (exact) mass is 426 g/mol. The Bertz CT molecular complexity index is 582. The number of hydrogen-bond donors (Lipinski definition) is 2. The maximum atomic E-state index is 11.3. The van der Waals surface area contributed by atoms with E-state index in [9.17, 15) is 19.8 Å². The molecule has 0 fully saturated rings. The van der Waals surface area contributed by atoms with E-state index in [-0.39, 0.29) is 31.2 Å². The Kier molecular flexibility index (Phi) is 5.82. The number of carbonyl (C=O) groups is 2. The summed E-state index contributed by atoms with van der Waals surface area (Å²) in [6, 6.07) is 0. The molecule has 0 aromatic heterocycles. The van der Waals surface area contributed by atoms with Crippen LogP contribution in [0.5, 0.6) is 0 Å². The number of benzene rings is 1. The molecule has 0 bridgehead atoms. The zero-order valence-electron chi connectivity index (χ0n) is 11.0. The van der Waals surface area contributed by atoms with Gasteiger partial charge in [0.25, 0.3) is 0 Å². The SMILES string of the molecule is CC(Cl)(C(=O)O)c1c(Cl)c(Cl)c(C(C)(Cl)C(=O)O)c(Cl)c1Cl. The second-order valence-corrected chi connectivity index (χ2v) is 7.65. The van der Waals surface area contributed by atoms with Crippen LogP contribution >= 0.6 is 69.6 Å². The first-order valence-electron chi connectivity index (χ1n) is 5.49. The molecule has 1 aromatic rings. The maximum Gasteiger partial charge on any atom is 0.329 e. The van der Waals surface area contributed by atoms with Gasteiger partial charge in [0.2, 0.25) is 0 Å². The van der Waals surface area contributed by atoms with Crippen LogP contribution in [0.25, 0.3) is 0 Å². The molecule has 2 atom stereocenters. The Morgan fingerprint density at radius 1 is 0.727 bits per heavy atom. The van der Waals surface area contributed by atoms with Crippen molar-refractivity contribution >= 4 is 81.5 Å². The van der Waals surface area contributed by atoms with Gasteiger partial charge in [0.1, 0.15) is 0 Å². The van der Waals surface area contributed by atoms with Crippen LogP contribution < -0.4 is 0 Å². The summed E-state index contributed by atoms with van der Waals surface area (Å²) in [6.45, 7) is 2.26. The van der Waals surface area contributed by atoms with Crippen molar-refractivity contribution in [2.75, 3.05) is 0 Å². The standard InChI is InChI=1S/C12H8Cl6O4/c1-11(17,9(19)20)3-5(13)7(15)4(8(16)6(3)14)12(2,18)10(21)22/h1-2H3,(H,19,20)(H,21,22). The van der Waals surface area contributed by atoms with Crippen LogP contribution in [-0.2, 0) is 19.3 Å². The van der Waals surface area contributed by atoms with Gasteiger partial charge < -0.3 is 10.2 Å². The molecule has 2 N–H and O–H groups in total. The minimum absolute atomic E-state index is 0.249. The topological polar surface area (TPSA) is 74.6 Å². The predicted molar refractivity (Wildman–Crippen MR) is 88.2 cm³/mol. The molecule has 0 saturated heterocycles. The van der Waals surface area contributed by atoms with E-state index < -0.39 is 21.7 Å². The van der Waals surface area contributed by atoms with Gasteiger partial charge in [-0.1, -0.05) is 46.4 Å². The van der Waals surface area contributed by atoms with Gasteiger partial charge in [0, 0.05) is 11.1 Å². The van der Waals surface area contributed by atoms with Gasteiger partial charge in [-0.05, 0) is 13.8 Å². The molecule has 0 saturated carbocycles. The molecule has 4 nitrogen and oxygen atoms in total. The largest absolute Gasteiger partial charge is 0.480 e. The van der Waals surface area contributed by atoms with Crippen molar-refractivity contribution in [1.29, 1.82) is 0 Å². The predicted octanol–water partition coefficient (Wildman–Crippen LogP) is 5.38. The maximum absolute atomic E-state index is 11.3. The third kappa shape index (κ3) is 3.10. The highest BCUT2D eigenvalue weighted by atomic mass is 35.5. The number of hydrogen-bond acceptors (Lipinski definition) is 2. The third-order valence-electron chi connectivity index (χ3n) is 3.01. The van der Waals surface area contributed by atoms with Crippen LogP contribution in [0.2, 0.25) is 20.1 Å². The highest BCUT2D eigenvalue weighted by Crippen LogP contribution is 2.51. The summed E-state index contributed by atoms with van der Waals surface area (Å²) in [5.74, 6) is -2.88.